The molecule has 4 rings (SSSR count). The first kappa shape index (κ1) is 22.2. The second kappa shape index (κ2) is 9.22. The summed E-state index contributed by atoms with van der Waals surface area (Å²) >= 11 is 6.33. The van der Waals surface area contributed by atoms with Gasteiger partial charge >= 0.3 is 5.97 Å². The summed E-state index contributed by atoms with van der Waals surface area (Å²) in [6.45, 7) is 0.280. The van der Waals surface area contributed by atoms with Gasteiger partial charge in [-0.05, 0) is 43.9 Å². The molecule has 0 aromatic heterocycles. The van der Waals surface area contributed by atoms with Crippen molar-refractivity contribution in [2.75, 3.05) is 13.2 Å². The van der Waals surface area contributed by atoms with Crippen molar-refractivity contribution in [2.45, 2.75) is 50.9 Å². The molecule has 0 atom stereocenters. The summed E-state index contributed by atoms with van der Waals surface area (Å²) in [6, 6.07) is 5.14. The van der Waals surface area contributed by atoms with E-state index in [0.29, 0.717) is 66.0 Å². The Labute approximate surface area is 191 Å². The fourth-order valence-corrected chi connectivity index (χ4v) is 5.18. The standard InChI is InChI=1S/C25H24ClNO5/c1-2-13-32-21-10-9-15(26)14-16(21)23-24-17(5-3-7-19(24)28)27(12-11-22(30)31)18-6-4-8-20(29)25(18)23/h1,9-10,14,23H,3-8,11-13H2,(H,30,31). The molecule has 2 aliphatic carbocycles. The van der Waals surface area contributed by atoms with Crippen LogP contribution in [0.25, 0.3) is 0 Å². The highest BCUT2D eigenvalue weighted by molar-refractivity contribution is 6.30. The fourth-order valence-electron chi connectivity index (χ4n) is 5.00. The van der Waals surface area contributed by atoms with Gasteiger partial charge in [-0.1, -0.05) is 17.5 Å². The van der Waals surface area contributed by atoms with E-state index in [4.69, 9.17) is 22.8 Å². The van der Waals surface area contributed by atoms with Crippen LogP contribution in [0.15, 0.2) is 40.7 Å². The van der Waals surface area contributed by atoms with E-state index < -0.39 is 11.9 Å². The summed E-state index contributed by atoms with van der Waals surface area (Å²) in [7, 11) is 0. The number of halogens is 1. The first-order valence-corrected chi connectivity index (χ1v) is 11.2. The van der Waals surface area contributed by atoms with E-state index in [-0.39, 0.29) is 31.1 Å². The van der Waals surface area contributed by atoms with E-state index in [1.165, 1.54) is 0 Å². The third kappa shape index (κ3) is 4.05. The van der Waals surface area contributed by atoms with E-state index >= 15 is 0 Å². The van der Waals surface area contributed by atoms with Crippen molar-refractivity contribution in [3.63, 3.8) is 0 Å². The maximum Gasteiger partial charge on any atom is 0.305 e. The number of carboxylic acids is 1. The molecule has 0 saturated carbocycles. The minimum Gasteiger partial charge on any atom is -0.481 e. The van der Waals surface area contributed by atoms with Gasteiger partial charge in [0.05, 0.1) is 6.42 Å². The predicted octanol–water partition coefficient (Wildman–Crippen LogP) is 4.24. The molecule has 7 heteroatoms. The number of rotatable bonds is 6. The van der Waals surface area contributed by atoms with Crippen LogP contribution in [0.2, 0.25) is 5.02 Å². The lowest BCUT2D eigenvalue weighted by molar-refractivity contribution is -0.137. The third-order valence-electron chi connectivity index (χ3n) is 6.23. The van der Waals surface area contributed by atoms with Crippen molar-refractivity contribution in [3.05, 3.63) is 51.3 Å². The van der Waals surface area contributed by atoms with Crippen molar-refractivity contribution in [3.8, 4) is 18.1 Å². The number of Topliss-reactive ketones (excluding diaryl/α,β-unsaturated/α-hetero) is 2. The number of hydrogen-bond acceptors (Lipinski definition) is 5. The van der Waals surface area contributed by atoms with Crippen LogP contribution in [0, 0.1) is 12.3 Å². The van der Waals surface area contributed by atoms with Gasteiger partial charge in [0.2, 0.25) is 0 Å². The molecule has 0 fully saturated rings. The molecule has 3 aliphatic rings. The lowest BCUT2D eigenvalue weighted by Gasteiger charge is -2.44. The summed E-state index contributed by atoms with van der Waals surface area (Å²) in [5.41, 5.74) is 3.41. The maximum absolute atomic E-state index is 13.2. The topological polar surface area (TPSA) is 83.9 Å². The van der Waals surface area contributed by atoms with Crippen molar-refractivity contribution < 1.29 is 24.2 Å². The number of benzene rings is 1. The van der Waals surface area contributed by atoms with Crippen LogP contribution in [0.1, 0.15) is 56.4 Å². The van der Waals surface area contributed by atoms with E-state index in [9.17, 15) is 19.5 Å². The molecule has 0 bridgehead atoms. The Bertz CT molecular complexity index is 1050. The molecule has 0 amide bonds. The van der Waals surface area contributed by atoms with Crippen molar-refractivity contribution in [2.24, 2.45) is 0 Å². The van der Waals surface area contributed by atoms with Crippen LogP contribution in [-0.4, -0.2) is 40.7 Å². The largest absolute Gasteiger partial charge is 0.481 e. The fraction of sp³-hybridized carbons (Fsp3) is 0.400. The smallest absolute Gasteiger partial charge is 0.305 e. The number of aliphatic carboxylic acids is 1. The minimum atomic E-state index is -0.916. The highest BCUT2D eigenvalue weighted by atomic mass is 35.5. The number of ether oxygens (including phenoxy) is 1. The molecule has 1 aliphatic heterocycles. The van der Waals surface area contributed by atoms with Crippen molar-refractivity contribution in [1.82, 2.24) is 4.90 Å². The number of terminal acetylenes is 1. The van der Waals surface area contributed by atoms with Crippen LogP contribution in [0.3, 0.4) is 0 Å². The SMILES string of the molecule is C#CCOc1ccc(Cl)cc1C1C2=C(CCCC2=O)N(CCC(=O)O)C2=C1C(=O)CCC2. The maximum atomic E-state index is 13.2. The molecule has 6 nitrogen and oxygen atoms in total. The van der Waals surface area contributed by atoms with E-state index in [2.05, 4.69) is 5.92 Å². The Morgan fingerprint density at radius 1 is 1.12 bits per heavy atom. The molecule has 1 heterocycles. The third-order valence-corrected chi connectivity index (χ3v) is 6.46. The average molecular weight is 454 g/mol. The average Bonchev–Trinajstić information content (AvgIpc) is 2.76. The first-order chi connectivity index (χ1) is 15.4. The molecular weight excluding hydrogens is 430 g/mol. The van der Waals surface area contributed by atoms with Gasteiger partial charge in [-0.2, -0.15) is 0 Å². The zero-order chi connectivity index (χ0) is 22.8. The van der Waals surface area contributed by atoms with Crippen molar-refractivity contribution >= 4 is 29.1 Å². The van der Waals surface area contributed by atoms with Crippen molar-refractivity contribution in [1.29, 1.82) is 0 Å². The molecule has 0 unspecified atom stereocenters. The highest BCUT2D eigenvalue weighted by Gasteiger charge is 2.44. The summed E-state index contributed by atoms with van der Waals surface area (Å²) in [4.78, 5) is 39.7. The van der Waals surface area contributed by atoms with Crippen LogP contribution in [0.4, 0.5) is 0 Å². The molecule has 32 heavy (non-hydrogen) atoms. The second-order valence-corrected chi connectivity index (χ2v) is 8.61. The molecule has 166 valence electrons. The Kier molecular flexibility index (Phi) is 6.38. The number of carbonyl (C=O) groups excluding carboxylic acids is 2. The minimum absolute atomic E-state index is 0.0237. The van der Waals surface area contributed by atoms with Gasteiger partial charge in [0.25, 0.3) is 0 Å². The first-order valence-electron chi connectivity index (χ1n) is 10.8. The Morgan fingerprint density at radius 3 is 2.31 bits per heavy atom. The summed E-state index contributed by atoms with van der Waals surface area (Å²) in [5.74, 6) is 1.39. The summed E-state index contributed by atoms with van der Waals surface area (Å²) in [5, 5.41) is 9.75. The molecule has 0 spiro atoms. The monoisotopic (exact) mass is 453 g/mol. The lowest BCUT2D eigenvalue weighted by Crippen LogP contribution is -2.40. The Morgan fingerprint density at radius 2 is 1.75 bits per heavy atom. The number of nitrogens with zero attached hydrogens (tertiary/aromatic N) is 1. The Balaban J connectivity index is 1.94. The Hall–Kier alpha value is -3.04. The lowest BCUT2D eigenvalue weighted by atomic mass is 9.70. The summed E-state index contributed by atoms with van der Waals surface area (Å²) in [6.07, 6.45) is 8.79. The number of allylic oxidation sites excluding steroid dienone is 4. The van der Waals surface area contributed by atoms with Gasteiger partial charge in [0, 0.05) is 58.4 Å². The molecule has 1 N–H and O–H groups in total. The van der Waals surface area contributed by atoms with E-state index in [1.54, 1.807) is 18.2 Å². The normalized spacial score (nSPS) is 18.9. The second-order valence-electron chi connectivity index (χ2n) is 8.18. The van der Waals surface area contributed by atoms with Crippen LogP contribution < -0.4 is 4.74 Å². The number of carbonyl (C=O) groups is 3. The van der Waals surface area contributed by atoms with Gasteiger partial charge in [-0.25, -0.2) is 0 Å². The molecule has 1 aromatic rings. The van der Waals surface area contributed by atoms with E-state index in [1.807, 2.05) is 4.90 Å². The zero-order valence-electron chi connectivity index (χ0n) is 17.7. The van der Waals surface area contributed by atoms with E-state index in [0.717, 1.165) is 11.4 Å². The van der Waals surface area contributed by atoms with Crippen LogP contribution in [0.5, 0.6) is 5.75 Å². The van der Waals surface area contributed by atoms with Gasteiger partial charge in [-0.15, -0.1) is 6.42 Å². The molecule has 0 saturated heterocycles. The van der Waals surface area contributed by atoms with Gasteiger partial charge in [0.1, 0.15) is 12.4 Å². The molecular formula is C25H24ClNO5. The summed E-state index contributed by atoms with van der Waals surface area (Å²) < 4.78 is 5.78. The number of carboxylic acid groups (broad SMARTS) is 1. The quantitative estimate of drug-likeness (QED) is 0.648. The van der Waals surface area contributed by atoms with Crippen LogP contribution >= 0.6 is 11.6 Å². The van der Waals surface area contributed by atoms with Gasteiger partial charge < -0.3 is 14.7 Å². The number of hydrogen-bond donors (Lipinski definition) is 1. The molecule has 0 radical (unpaired) electrons. The zero-order valence-corrected chi connectivity index (χ0v) is 18.4. The molecule has 1 aromatic carbocycles. The number of ketones is 2. The van der Waals surface area contributed by atoms with Gasteiger partial charge in [0.15, 0.2) is 11.6 Å². The van der Waals surface area contributed by atoms with Crippen LogP contribution in [-0.2, 0) is 14.4 Å². The highest BCUT2D eigenvalue weighted by Crippen LogP contribution is 2.51. The van der Waals surface area contributed by atoms with Gasteiger partial charge in [-0.3, -0.25) is 14.4 Å². The predicted molar refractivity (Wildman–Crippen MR) is 119 cm³/mol.